The second-order valence-electron chi connectivity index (χ2n) is 10.8. The second kappa shape index (κ2) is 13.0. The predicted octanol–water partition coefficient (Wildman–Crippen LogP) is 4.65. The Morgan fingerprint density at radius 2 is 1.73 bits per heavy atom. The molecule has 1 aliphatic carbocycles. The van der Waals surface area contributed by atoms with E-state index < -0.39 is 18.0 Å². The number of hydrogen-bond donors (Lipinski definition) is 2. The maximum atomic E-state index is 12.4. The standard InChI is InChI=1S/C33H36N2O6/c34-29(16-17-31(37)38)33(39)41-26-13-15-28-24(21-26)10-14-27(22-5-2-1-3-6-22)32(28)23-8-11-25(12-9-23)40-20-19-35-18-4-7-30(35)36/h1-3,5-6,8-9,11-13,15,21,27,29,32H,4,7,10,14,16-20,34H2,(H,37,38)/t27-,29+,32+/m1/s1. The van der Waals surface area contributed by atoms with E-state index >= 15 is 0 Å². The SMILES string of the molecule is N[C@@H](CCC(=O)O)C(=O)Oc1ccc2c(c1)CC[C@H](c1ccccc1)[C@@H]2c1ccc(OCCN2CCCC2=O)cc1. The van der Waals surface area contributed by atoms with Crippen molar-refractivity contribution in [2.45, 2.75) is 56.4 Å². The van der Waals surface area contributed by atoms with Gasteiger partial charge in [0.2, 0.25) is 5.91 Å². The second-order valence-corrected chi connectivity index (χ2v) is 10.8. The number of likely N-dealkylation sites (tertiary alicyclic amines) is 1. The number of carbonyl (C=O) groups is 3. The summed E-state index contributed by atoms with van der Waals surface area (Å²) in [5, 5.41) is 8.86. The summed E-state index contributed by atoms with van der Waals surface area (Å²) in [5.41, 5.74) is 10.6. The van der Waals surface area contributed by atoms with Crippen LogP contribution >= 0.6 is 0 Å². The lowest BCUT2D eigenvalue weighted by molar-refractivity contribution is -0.138. The van der Waals surface area contributed by atoms with Gasteiger partial charge in [-0.2, -0.15) is 0 Å². The molecule has 214 valence electrons. The zero-order valence-electron chi connectivity index (χ0n) is 23.0. The van der Waals surface area contributed by atoms with Crippen LogP contribution in [0.2, 0.25) is 0 Å². The number of amides is 1. The number of nitrogens with two attached hydrogens (primary N) is 1. The van der Waals surface area contributed by atoms with E-state index in [1.54, 1.807) is 6.07 Å². The number of aliphatic carboxylic acids is 1. The number of carboxylic acid groups (broad SMARTS) is 1. The highest BCUT2D eigenvalue weighted by molar-refractivity contribution is 5.79. The molecule has 1 aliphatic heterocycles. The van der Waals surface area contributed by atoms with Crippen molar-refractivity contribution in [3.8, 4) is 11.5 Å². The lowest BCUT2D eigenvalue weighted by Crippen LogP contribution is -2.34. The van der Waals surface area contributed by atoms with E-state index in [0.717, 1.165) is 37.1 Å². The molecule has 0 spiro atoms. The molecule has 1 amide bonds. The van der Waals surface area contributed by atoms with E-state index in [0.29, 0.717) is 25.3 Å². The van der Waals surface area contributed by atoms with Crippen LogP contribution in [-0.4, -0.2) is 53.6 Å². The van der Waals surface area contributed by atoms with Gasteiger partial charge in [-0.05, 0) is 78.1 Å². The Bertz CT molecular complexity index is 1370. The monoisotopic (exact) mass is 556 g/mol. The summed E-state index contributed by atoms with van der Waals surface area (Å²) in [7, 11) is 0. The van der Waals surface area contributed by atoms with Crippen LogP contribution in [0.5, 0.6) is 11.5 Å². The minimum atomic E-state index is -1.00. The van der Waals surface area contributed by atoms with E-state index in [9.17, 15) is 14.4 Å². The maximum absolute atomic E-state index is 12.4. The fourth-order valence-corrected chi connectivity index (χ4v) is 5.91. The molecule has 3 N–H and O–H groups in total. The first kappa shape index (κ1) is 28.4. The van der Waals surface area contributed by atoms with Gasteiger partial charge in [0.05, 0.1) is 6.54 Å². The van der Waals surface area contributed by atoms with Crippen molar-refractivity contribution < 1.29 is 29.0 Å². The molecule has 3 atom stereocenters. The normalized spacial score (nSPS) is 19.0. The summed E-state index contributed by atoms with van der Waals surface area (Å²) in [6.07, 6.45) is 3.15. The Kier molecular flexibility index (Phi) is 8.99. The number of carbonyl (C=O) groups excluding carboxylic acids is 2. The van der Waals surface area contributed by atoms with E-state index in [1.807, 2.05) is 35.2 Å². The van der Waals surface area contributed by atoms with Crippen molar-refractivity contribution >= 4 is 17.8 Å². The first-order valence-corrected chi connectivity index (χ1v) is 14.3. The summed E-state index contributed by atoms with van der Waals surface area (Å²) in [6, 6.07) is 23.5. The zero-order valence-corrected chi connectivity index (χ0v) is 23.0. The molecule has 0 aromatic heterocycles. The molecular formula is C33H36N2O6. The first-order chi connectivity index (χ1) is 19.9. The quantitative estimate of drug-likeness (QED) is 0.261. The summed E-state index contributed by atoms with van der Waals surface area (Å²) in [6.45, 7) is 1.87. The molecule has 41 heavy (non-hydrogen) atoms. The number of aryl methyl sites for hydroxylation is 1. The fourth-order valence-electron chi connectivity index (χ4n) is 5.91. The number of rotatable bonds is 11. The molecule has 3 aromatic rings. The maximum Gasteiger partial charge on any atom is 0.328 e. The summed E-state index contributed by atoms with van der Waals surface area (Å²) >= 11 is 0. The molecule has 0 radical (unpaired) electrons. The molecule has 0 saturated carbocycles. The van der Waals surface area contributed by atoms with Gasteiger partial charge in [-0.15, -0.1) is 0 Å². The number of benzene rings is 3. The van der Waals surface area contributed by atoms with E-state index in [1.165, 1.54) is 16.7 Å². The van der Waals surface area contributed by atoms with Crippen LogP contribution in [0.1, 0.15) is 66.2 Å². The van der Waals surface area contributed by atoms with Gasteiger partial charge in [0.15, 0.2) is 0 Å². The molecular weight excluding hydrogens is 520 g/mol. The number of carboxylic acids is 1. The van der Waals surface area contributed by atoms with Crippen LogP contribution in [0.4, 0.5) is 0 Å². The topological polar surface area (TPSA) is 119 Å². The van der Waals surface area contributed by atoms with Crippen LogP contribution in [0, 0.1) is 0 Å². The summed E-state index contributed by atoms with van der Waals surface area (Å²) < 4.78 is 11.5. The molecule has 3 aromatic carbocycles. The van der Waals surface area contributed by atoms with Gasteiger partial charge in [-0.1, -0.05) is 48.5 Å². The molecule has 0 unspecified atom stereocenters. The van der Waals surface area contributed by atoms with Gasteiger partial charge in [0, 0.05) is 25.3 Å². The highest BCUT2D eigenvalue weighted by Crippen LogP contribution is 2.47. The Morgan fingerprint density at radius 1 is 0.976 bits per heavy atom. The summed E-state index contributed by atoms with van der Waals surface area (Å²) in [5.74, 6) is 0.121. The third kappa shape index (κ3) is 6.95. The van der Waals surface area contributed by atoms with E-state index in [2.05, 4.69) is 36.4 Å². The molecule has 2 aliphatic rings. The number of ether oxygens (including phenoxy) is 2. The molecule has 8 heteroatoms. The van der Waals surface area contributed by atoms with Gasteiger partial charge >= 0.3 is 11.9 Å². The van der Waals surface area contributed by atoms with E-state index in [4.69, 9.17) is 20.3 Å². The number of nitrogens with zero attached hydrogens (tertiary/aromatic N) is 1. The van der Waals surface area contributed by atoms with Crippen LogP contribution in [0.15, 0.2) is 72.8 Å². The zero-order chi connectivity index (χ0) is 28.8. The van der Waals surface area contributed by atoms with Crippen molar-refractivity contribution in [1.29, 1.82) is 0 Å². The lowest BCUT2D eigenvalue weighted by atomic mass is 9.69. The van der Waals surface area contributed by atoms with Crippen molar-refractivity contribution in [1.82, 2.24) is 4.90 Å². The van der Waals surface area contributed by atoms with Gasteiger partial charge in [-0.25, -0.2) is 4.79 Å². The smallest absolute Gasteiger partial charge is 0.328 e. The third-order valence-corrected chi connectivity index (χ3v) is 8.04. The number of fused-ring (bicyclic) bond motifs is 1. The van der Waals surface area contributed by atoms with Gasteiger partial charge < -0.3 is 25.2 Å². The molecule has 1 fully saturated rings. The van der Waals surface area contributed by atoms with Crippen molar-refractivity contribution in [2.24, 2.45) is 5.73 Å². The van der Waals surface area contributed by atoms with Crippen LogP contribution in [0.3, 0.4) is 0 Å². The first-order valence-electron chi connectivity index (χ1n) is 14.3. The molecule has 1 heterocycles. The van der Waals surface area contributed by atoms with Crippen LogP contribution in [-0.2, 0) is 20.8 Å². The average molecular weight is 557 g/mol. The Hall–Kier alpha value is -4.17. The van der Waals surface area contributed by atoms with Gasteiger partial charge in [0.1, 0.15) is 24.1 Å². The fraction of sp³-hybridized carbons (Fsp3) is 0.364. The summed E-state index contributed by atoms with van der Waals surface area (Å²) in [4.78, 5) is 37.0. The van der Waals surface area contributed by atoms with Gasteiger partial charge in [0.25, 0.3) is 0 Å². The minimum Gasteiger partial charge on any atom is -0.492 e. The van der Waals surface area contributed by atoms with Crippen molar-refractivity contribution in [2.75, 3.05) is 19.7 Å². The van der Waals surface area contributed by atoms with Crippen molar-refractivity contribution in [3.63, 3.8) is 0 Å². The predicted molar refractivity (Wildman–Crippen MR) is 154 cm³/mol. The molecule has 1 saturated heterocycles. The Labute approximate surface area is 240 Å². The molecule has 0 bridgehead atoms. The Morgan fingerprint density at radius 3 is 2.44 bits per heavy atom. The number of esters is 1. The minimum absolute atomic E-state index is 0.0238. The molecule has 5 rings (SSSR count). The van der Waals surface area contributed by atoms with Crippen molar-refractivity contribution in [3.05, 3.63) is 95.1 Å². The van der Waals surface area contributed by atoms with Gasteiger partial charge in [-0.3, -0.25) is 9.59 Å². The highest BCUT2D eigenvalue weighted by Gasteiger charge is 2.32. The van der Waals surface area contributed by atoms with Crippen LogP contribution < -0.4 is 15.2 Å². The highest BCUT2D eigenvalue weighted by atomic mass is 16.5. The van der Waals surface area contributed by atoms with Crippen LogP contribution in [0.25, 0.3) is 0 Å². The average Bonchev–Trinajstić information content (AvgIpc) is 3.40. The largest absolute Gasteiger partial charge is 0.492 e. The van der Waals surface area contributed by atoms with E-state index in [-0.39, 0.29) is 30.6 Å². The Balaban J connectivity index is 1.34. The molecule has 8 nitrogen and oxygen atoms in total. The third-order valence-electron chi connectivity index (χ3n) is 8.04. The number of hydrogen-bond acceptors (Lipinski definition) is 6. The lowest BCUT2D eigenvalue weighted by Gasteiger charge is -2.35.